The molecule has 0 aromatic heterocycles. The second kappa shape index (κ2) is 9.96. The van der Waals surface area contributed by atoms with Crippen molar-refractivity contribution in [3.05, 3.63) is 59.7 Å². The lowest BCUT2D eigenvalue weighted by atomic mass is 10.2. The fraction of sp³-hybridized carbons (Fsp3) is 0.250. The number of ether oxygens (including phenoxy) is 1. The Morgan fingerprint density at radius 3 is 2.33 bits per heavy atom. The van der Waals surface area contributed by atoms with Crippen LogP contribution in [0.3, 0.4) is 0 Å². The van der Waals surface area contributed by atoms with Gasteiger partial charge in [-0.05, 0) is 56.3 Å². The van der Waals surface area contributed by atoms with Crippen LogP contribution in [-0.2, 0) is 9.53 Å². The van der Waals surface area contributed by atoms with Gasteiger partial charge in [-0.1, -0.05) is 6.07 Å². The highest BCUT2D eigenvalue weighted by atomic mass is 16.5. The normalized spacial score (nSPS) is 10.0. The lowest BCUT2D eigenvalue weighted by Crippen LogP contribution is -2.24. The molecule has 0 saturated heterocycles. The van der Waals surface area contributed by atoms with Crippen LogP contribution in [0, 0.1) is 0 Å². The van der Waals surface area contributed by atoms with Gasteiger partial charge in [0.05, 0.1) is 18.7 Å². The van der Waals surface area contributed by atoms with E-state index in [4.69, 9.17) is 4.74 Å². The maximum Gasteiger partial charge on any atom is 0.338 e. The Balaban J connectivity index is 1.88. The van der Waals surface area contributed by atoms with E-state index in [-0.39, 0.29) is 24.3 Å². The molecular weight excluding hydrogens is 346 g/mol. The molecule has 0 bridgehead atoms. The van der Waals surface area contributed by atoms with E-state index in [1.165, 1.54) is 0 Å². The fourth-order valence-electron chi connectivity index (χ4n) is 2.33. The van der Waals surface area contributed by atoms with Gasteiger partial charge in [0.25, 0.3) is 5.91 Å². The summed E-state index contributed by atoms with van der Waals surface area (Å²) in [4.78, 5) is 35.6. The summed E-state index contributed by atoms with van der Waals surface area (Å²) in [6.07, 6.45) is 0. The van der Waals surface area contributed by atoms with Crippen molar-refractivity contribution in [1.82, 2.24) is 5.32 Å². The molecule has 7 nitrogen and oxygen atoms in total. The van der Waals surface area contributed by atoms with E-state index in [2.05, 4.69) is 16.0 Å². The molecule has 3 N–H and O–H groups in total. The van der Waals surface area contributed by atoms with Crippen molar-refractivity contribution in [2.45, 2.75) is 13.8 Å². The number of anilines is 2. The van der Waals surface area contributed by atoms with Crippen LogP contribution in [-0.4, -0.2) is 37.5 Å². The topological polar surface area (TPSA) is 96.5 Å². The van der Waals surface area contributed by atoms with Crippen LogP contribution in [0.2, 0.25) is 0 Å². The zero-order valence-electron chi connectivity index (χ0n) is 15.4. The fourth-order valence-corrected chi connectivity index (χ4v) is 2.33. The first-order chi connectivity index (χ1) is 13.0. The number of nitrogens with one attached hydrogen (secondary N) is 3. The van der Waals surface area contributed by atoms with Crippen LogP contribution in [0.1, 0.15) is 34.6 Å². The van der Waals surface area contributed by atoms with Crippen molar-refractivity contribution in [2.75, 3.05) is 30.3 Å². The minimum Gasteiger partial charge on any atom is -0.462 e. The Kier molecular flexibility index (Phi) is 7.37. The first-order valence-corrected chi connectivity index (χ1v) is 8.72. The van der Waals surface area contributed by atoms with Crippen LogP contribution in [0.4, 0.5) is 11.4 Å². The molecule has 0 aliphatic carbocycles. The number of rotatable bonds is 8. The first-order valence-electron chi connectivity index (χ1n) is 8.72. The number of amides is 2. The monoisotopic (exact) mass is 369 g/mol. The summed E-state index contributed by atoms with van der Waals surface area (Å²) in [5, 5.41) is 8.43. The smallest absolute Gasteiger partial charge is 0.338 e. The number of carbonyl (C=O) groups excluding carboxylic acids is 3. The third kappa shape index (κ3) is 6.14. The summed E-state index contributed by atoms with van der Waals surface area (Å²) in [7, 11) is 0. The van der Waals surface area contributed by atoms with Crippen molar-refractivity contribution >= 4 is 29.2 Å². The summed E-state index contributed by atoms with van der Waals surface area (Å²) in [6, 6.07) is 13.4. The minimum atomic E-state index is -0.381. The molecule has 0 saturated carbocycles. The summed E-state index contributed by atoms with van der Waals surface area (Å²) in [6.45, 7) is 4.49. The van der Waals surface area contributed by atoms with Gasteiger partial charge in [-0.2, -0.15) is 0 Å². The molecule has 2 rings (SSSR count). The molecule has 0 radical (unpaired) electrons. The molecule has 2 amide bonds. The zero-order chi connectivity index (χ0) is 19.6. The molecule has 0 heterocycles. The number of carbonyl (C=O) groups is 3. The lowest BCUT2D eigenvalue weighted by molar-refractivity contribution is -0.114. The number of esters is 1. The molecular formula is C20H23N3O4. The minimum absolute atomic E-state index is 0.0458. The third-order valence-electron chi connectivity index (χ3n) is 3.59. The summed E-state index contributed by atoms with van der Waals surface area (Å²) >= 11 is 0. The van der Waals surface area contributed by atoms with Crippen LogP contribution in [0.15, 0.2) is 48.5 Å². The Labute approximate surface area is 158 Å². The van der Waals surface area contributed by atoms with Crippen LogP contribution in [0.5, 0.6) is 0 Å². The van der Waals surface area contributed by atoms with E-state index >= 15 is 0 Å². The van der Waals surface area contributed by atoms with Gasteiger partial charge in [0.15, 0.2) is 0 Å². The number of hydrogen-bond donors (Lipinski definition) is 3. The predicted molar refractivity (Wildman–Crippen MR) is 104 cm³/mol. The standard InChI is InChI=1S/C20H23N3O4/c1-3-21-19(25)15-6-5-7-17(12-15)23-18(24)13-22-16-10-8-14(9-11-16)20(26)27-4-2/h5-12,22H,3-4,13H2,1-2H3,(H,21,25)(H,23,24). The molecule has 0 unspecified atom stereocenters. The van der Waals surface area contributed by atoms with Gasteiger partial charge in [0, 0.05) is 23.5 Å². The maximum atomic E-state index is 12.1. The number of hydrogen-bond acceptors (Lipinski definition) is 5. The summed E-state index contributed by atoms with van der Waals surface area (Å²) in [5.74, 6) is -0.820. The second-order valence-corrected chi connectivity index (χ2v) is 5.64. The quantitative estimate of drug-likeness (QED) is 0.622. The molecule has 2 aromatic carbocycles. The van der Waals surface area contributed by atoms with E-state index in [9.17, 15) is 14.4 Å². The average molecular weight is 369 g/mol. The van der Waals surface area contributed by atoms with E-state index in [0.29, 0.717) is 35.7 Å². The largest absolute Gasteiger partial charge is 0.462 e. The third-order valence-corrected chi connectivity index (χ3v) is 3.59. The van der Waals surface area contributed by atoms with Gasteiger partial charge in [0.2, 0.25) is 5.91 Å². The highest BCUT2D eigenvalue weighted by Gasteiger charge is 2.08. The first kappa shape index (κ1) is 20.0. The zero-order valence-corrected chi connectivity index (χ0v) is 15.4. The van der Waals surface area contributed by atoms with Gasteiger partial charge >= 0.3 is 5.97 Å². The molecule has 2 aromatic rings. The van der Waals surface area contributed by atoms with Gasteiger partial charge < -0.3 is 20.7 Å². The molecule has 0 aliphatic heterocycles. The van der Waals surface area contributed by atoms with Crippen LogP contribution in [0.25, 0.3) is 0 Å². The molecule has 0 aliphatic rings. The molecule has 7 heteroatoms. The molecule has 0 spiro atoms. The Bertz CT molecular complexity index is 803. The Morgan fingerprint density at radius 2 is 1.67 bits per heavy atom. The summed E-state index contributed by atoms with van der Waals surface area (Å²) in [5.41, 5.74) is 2.18. The predicted octanol–water partition coefficient (Wildman–Crippen LogP) is 2.66. The SMILES string of the molecule is CCNC(=O)c1cccc(NC(=O)CNc2ccc(C(=O)OCC)cc2)c1. The van der Waals surface area contributed by atoms with Gasteiger partial charge in [-0.3, -0.25) is 9.59 Å². The van der Waals surface area contributed by atoms with Crippen molar-refractivity contribution in [2.24, 2.45) is 0 Å². The summed E-state index contributed by atoms with van der Waals surface area (Å²) < 4.78 is 4.92. The number of benzene rings is 2. The van der Waals surface area contributed by atoms with Crippen molar-refractivity contribution in [3.8, 4) is 0 Å². The Hall–Kier alpha value is -3.35. The van der Waals surface area contributed by atoms with Crippen molar-refractivity contribution in [3.63, 3.8) is 0 Å². The van der Waals surface area contributed by atoms with E-state index in [0.717, 1.165) is 0 Å². The second-order valence-electron chi connectivity index (χ2n) is 5.64. The van der Waals surface area contributed by atoms with E-state index in [1.54, 1.807) is 55.5 Å². The lowest BCUT2D eigenvalue weighted by Gasteiger charge is -2.10. The van der Waals surface area contributed by atoms with Gasteiger partial charge in [-0.15, -0.1) is 0 Å². The molecule has 27 heavy (non-hydrogen) atoms. The van der Waals surface area contributed by atoms with Gasteiger partial charge in [0.1, 0.15) is 0 Å². The van der Waals surface area contributed by atoms with Crippen molar-refractivity contribution in [1.29, 1.82) is 0 Å². The maximum absolute atomic E-state index is 12.1. The molecule has 0 atom stereocenters. The molecule has 142 valence electrons. The molecule has 0 fully saturated rings. The highest BCUT2D eigenvalue weighted by Crippen LogP contribution is 2.12. The van der Waals surface area contributed by atoms with Crippen molar-refractivity contribution < 1.29 is 19.1 Å². The van der Waals surface area contributed by atoms with E-state index in [1.807, 2.05) is 6.92 Å². The Morgan fingerprint density at radius 1 is 0.926 bits per heavy atom. The van der Waals surface area contributed by atoms with Crippen LogP contribution >= 0.6 is 0 Å². The van der Waals surface area contributed by atoms with Gasteiger partial charge in [-0.25, -0.2) is 4.79 Å². The van der Waals surface area contributed by atoms with E-state index < -0.39 is 0 Å². The average Bonchev–Trinajstić information content (AvgIpc) is 2.67. The highest BCUT2D eigenvalue weighted by molar-refractivity contribution is 5.98. The van der Waals surface area contributed by atoms with Crippen LogP contribution < -0.4 is 16.0 Å².